The van der Waals surface area contributed by atoms with Crippen LogP contribution in [0.15, 0.2) is 0 Å². The lowest BCUT2D eigenvalue weighted by Gasteiger charge is -2.28. The molecule has 0 aromatic rings. The Kier molecular flexibility index (Phi) is 7.31. The van der Waals surface area contributed by atoms with Crippen LogP contribution in [0.2, 0.25) is 0 Å². The van der Waals surface area contributed by atoms with Crippen LogP contribution in [0.25, 0.3) is 0 Å². The number of aliphatic carboxylic acids is 1. The number of nitrogens with zero attached hydrogens (tertiary/aromatic N) is 2. The minimum atomic E-state index is -1.02. The Hall–Kier alpha value is -1.63. The Labute approximate surface area is 131 Å². The summed E-state index contributed by atoms with van der Waals surface area (Å²) in [5.41, 5.74) is 0. The normalized spacial score (nSPS) is 18.9. The molecule has 126 valence electrons. The maximum absolute atomic E-state index is 12.1. The topological polar surface area (TPSA) is 87.2 Å². The van der Waals surface area contributed by atoms with Crippen LogP contribution in [-0.4, -0.2) is 71.1 Å². The van der Waals surface area contributed by atoms with Crippen LogP contribution in [0, 0.1) is 0 Å². The van der Waals surface area contributed by atoms with Crippen molar-refractivity contribution in [3.63, 3.8) is 0 Å². The minimum absolute atomic E-state index is 0.00690. The summed E-state index contributed by atoms with van der Waals surface area (Å²) >= 11 is 0. The molecule has 1 fully saturated rings. The van der Waals surface area contributed by atoms with Gasteiger partial charge in [0.05, 0.1) is 6.10 Å². The fourth-order valence-electron chi connectivity index (χ4n) is 2.61. The van der Waals surface area contributed by atoms with E-state index < -0.39 is 5.97 Å². The predicted molar refractivity (Wildman–Crippen MR) is 80.3 cm³/mol. The molecule has 0 radical (unpaired) electrons. The summed E-state index contributed by atoms with van der Waals surface area (Å²) in [5, 5.41) is 8.92. The molecule has 0 aromatic carbocycles. The molecular weight excluding hydrogens is 288 g/mol. The highest BCUT2D eigenvalue weighted by atomic mass is 16.5. The molecule has 0 aliphatic carbocycles. The summed E-state index contributed by atoms with van der Waals surface area (Å²) in [6, 6.07) is -0.127. The van der Waals surface area contributed by atoms with Gasteiger partial charge in [-0.3, -0.25) is 14.4 Å². The second-order valence-electron chi connectivity index (χ2n) is 5.87. The molecule has 1 atom stereocenters. The van der Waals surface area contributed by atoms with Crippen molar-refractivity contribution in [1.29, 1.82) is 0 Å². The van der Waals surface area contributed by atoms with Gasteiger partial charge in [-0.15, -0.1) is 0 Å². The Bertz CT molecular complexity index is 411. The van der Waals surface area contributed by atoms with E-state index in [2.05, 4.69) is 0 Å². The van der Waals surface area contributed by atoms with E-state index in [0.29, 0.717) is 25.9 Å². The van der Waals surface area contributed by atoms with Crippen LogP contribution in [0.4, 0.5) is 0 Å². The predicted octanol–water partition coefficient (Wildman–Crippen LogP) is 0.726. The van der Waals surface area contributed by atoms with Gasteiger partial charge in [-0.05, 0) is 33.1 Å². The molecular formula is C15H26N2O5. The first-order chi connectivity index (χ1) is 10.3. The van der Waals surface area contributed by atoms with Gasteiger partial charge in [-0.25, -0.2) is 0 Å². The molecule has 0 spiro atoms. The van der Waals surface area contributed by atoms with Crippen molar-refractivity contribution in [2.75, 3.05) is 26.2 Å². The average Bonchev–Trinajstić information content (AvgIpc) is 2.67. The number of likely N-dealkylation sites (tertiary alicyclic amines) is 1. The zero-order chi connectivity index (χ0) is 16.7. The largest absolute Gasteiger partial charge is 0.480 e. The number of ether oxygens (including phenoxy) is 1. The molecule has 1 aliphatic heterocycles. The summed E-state index contributed by atoms with van der Waals surface area (Å²) in [4.78, 5) is 37.7. The van der Waals surface area contributed by atoms with Crippen LogP contribution >= 0.6 is 0 Å². The molecule has 1 saturated heterocycles. The number of carboxylic acid groups (broad SMARTS) is 1. The van der Waals surface area contributed by atoms with Gasteiger partial charge in [0.15, 0.2) is 0 Å². The molecule has 7 nitrogen and oxygen atoms in total. The quantitative estimate of drug-likeness (QED) is 0.781. The van der Waals surface area contributed by atoms with Crippen molar-refractivity contribution in [2.24, 2.45) is 0 Å². The Morgan fingerprint density at radius 2 is 1.95 bits per heavy atom. The fraction of sp³-hybridized carbons (Fsp3) is 0.800. The third-order valence-electron chi connectivity index (χ3n) is 3.74. The lowest BCUT2D eigenvalue weighted by Crippen LogP contribution is -2.43. The van der Waals surface area contributed by atoms with Crippen molar-refractivity contribution in [2.45, 2.75) is 52.2 Å². The zero-order valence-corrected chi connectivity index (χ0v) is 13.6. The third kappa shape index (κ3) is 6.01. The third-order valence-corrected chi connectivity index (χ3v) is 3.74. The first-order valence-corrected chi connectivity index (χ1v) is 7.69. The van der Waals surface area contributed by atoms with Crippen molar-refractivity contribution in [3.05, 3.63) is 0 Å². The molecule has 7 heteroatoms. The van der Waals surface area contributed by atoms with Crippen LogP contribution in [0.1, 0.15) is 40.0 Å². The lowest BCUT2D eigenvalue weighted by atomic mass is 10.1. The molecule has 2 amide bonds. The highest BCUT2D eigenvalue weighted by Crippen LogP contribution is 2.17. The van der Waals surface area contributed by atoms with E-state index in [9.17, 15) is 14.4 Å². The van der Waals surface area contributed by atoms with Gasteiger partial charge in [0, 0.05) is 26.1 Å². The number of carboxylic acids is 1. The molecule has 1 N–H and O–H groups in total. The first kappa shape index (κ1) is 18.4. The van der Waals surface area contributed by atoms with Crippen LogP contribution in [0.5, 0.6) is 0 Å². The molecule has 1 rings (SSSR count). The van der Waals surface area contributed by atoms with E-state index in [1.807, 2.05) is 13.8 Å². The number of carbonyl (C=O) groups excluding carboxylic acids is 2. The Morgan fingerprint density at radius 3 is 2.50 bits per heavy atom. The second-order valence-corrected chi connectivity index (χ2v) is 5.87. The van der Waals surface area contributed by atoms with Gasteiger partial charge >= 0.3 is 5.97 Å². The van der Waals surface area contributed by atoms with E-state index >= 15 is 0 Å². The Morgan fingerprint density at radius 1 is 1.27 bits per heavy atom. The van der Waals surface area contributed by atoms with E-state index in [-0.39, 0.29) is 37.1 Å². The monoisotopic (exact) mass is 314 g/mol. The average molecular weight is 314 g/mol. The van der Waals surface area contributed by atoms with Crippen LogP contribution in [0.3, 0.4) is 0 Å². The van der Waals surface area contributed by atoms with Gasteiger partial charge in [0.25, 0.3) is 0 Å². The number of amides is 2. The summed E-state index contributed by atoms with van der Waals surface area (Å²) in [6.45, 7) is 6.06. The molecule has 0 bridgehead atoms. The van der Waals surface area contributed by atoms with Crippen LogP contribution < -0.4 is 0 Å². The smallest absolute Gasteiger partial charge is 0.323 e. The molecule has 0 saturated carbocycles. The summed E-state index contributed by atoms with van der Waals surface area (Å²) in [7, 11) is 0. The maximum Gasteiger partial charge on any atom is 0.323 e. The minimum Gasteiger partial charge on any atom is -0.480 e. The second kappa shape index (κ2) is 8.73. The first-order valence-electron chi connectivity index (χ1n) is 7.69. The highest BCUT2D eigenvalue weighted by molar-refractivity contribution is 5.80. The molecule has 22 heavy (non-hydrogen) atoms. The van der Waals surface area contributed by atoms with Crippen molar-refractivity contribution >= 4 is 17.8 Å². The van der Waals surface area contributed by atoms with E-state index in [1.165, 1.54) is 11.8 Å². The van der Waals surface area contributed by atoms with E-state index in [1.54, 1.807) is 4.90 Å². The fourth-order valence-corrected chi connectivity index (χ4v) is 2.61. The number of hydrogen-bond donors (Lipinski definition) is 1. The summed E-state index contributed by atoms with van der Waals surface area (Å²) < 4.78 is 5.33. The van der Waals surface area contributed by atoms with Gasteiger partial charge in [0.1, 0.15) is 13.2 Å². The van der Waals surface area contributed by atoms with Gasteiger partial charge < -0.3 is 19.6 Å². The van der Waals surface area contributed by atoms with Crippen molar-refractivity contribution in [3.8, 4) is 0 Å². The maximum atomic E-state index is 12.1. The lowest BCUT2D eigenvalue weighted by molar-refractivity contribution is -0.145. The van der Waals surface area contributed by atoms with Gasteiger partial charge in [-0.1, -0.05) is 0 Å². The van der Waals surface area contributed by atoms with Gasteiger partial charge in [-0.2, -0.15) is 0 Å². The molecule has 1 aliphatic rings. The SMILES string of the molecule is CC(=O)N(CC(=O)O)C1CCCN(C(=O)COC(C)C)CC1. The van der Waals surface area contributed by atoms with Crippen molar-refractivity contribution in [1.82, 2.24) is 9.80 Å². The number of carbonyl (C=O) groups is 3. The number of hydrogen-bond acceptors (Lipinski definition) is 4. The van der Waals surface area contributed by atoms with Crippen LogP contribution in [-0.2, 0) is 19.1 Å². The van der Waals surface area contributed by atoms with E-state index in [4.69, 9.17) is 9.84 Å². The van der Waals surface area contributed by atoms with E-state index in [0.717, 1.165) is 6.42 Å². The molecule has 1 heterocycles. The summed E-state index contributed by atoms with van der Waals surface area (Å²) in [5.74, 6) is -1.31. The van der Waals surface area contributed by atoms with Gasteiger partial charge in [0.2, 0.25) is 11.8 Å². The molecule has 0 aromatic heterocycles. The molecule has 1 unspecified atom stereocenters. The zero-order valence-electron chi connectivity index (χ0n) is 13.6. The number of rotatable bonds is 6. The van der Waals surface area contributed by atoms with Crippen molar-refractivity contribution < 1.29 is 24.2 Å². The highest BCUT2D eigenvalue weighted by Gasteiger charge is 2.27. The standard InChI is InChI=1S/C15H26N2O5/c1-11(2)22-10-14(19)16-7-4-5-13(6-8-16)17(12(3)18)9-15(20)21/h11,13H,4-10H2,1-3H3,(H,20,21). The Balaban J connectivity index is 2.58. The summed E-state index contributed by atoms with van der Waals surface area (Å²) in [6.07, 6.45) is 2.07.